The molecule has 2 amide bonds. The number of nitrogens with one attached hydrogen (secondary N) is 2. The number of hydrogen-bond donors (Lipinski definition) is 3. The maximum absolute atomic E-state index is 13.7. The van der Waals surface area contributed by atoms with Gasteiger partial charge >= 0.3 is 6.09 Å². The molecule has 2 atom stereocenters. The first kappa shape index (κ1) is 34.8. The van der Waals surface area contributed by atoms with E-state index < -0.39 is 33.7 Å². The number of hydrogen-bond acceptors (Lipinski definition) is 9. The summed E-state index contributed by atoms with van der Waals surface area (Å²) in [6.07, 6.45) is 3.31. The van der Waals surface area contributed by atoms with E-state index in [2.05, 4.69) is 26.8 Å². The summed E-state index contributed by atoms with van der Waals surface area (Å²) in [4.78, 5) is 34.6. The van der Waals surface area contributed by atoms with E-state index in [1.807, 2.05) is 33.9 Å². The molecule has 4 rings (SSSR count). The van der Waals surface area contributed by atoms with E-state index in [-0.39, 0.29) is 35.3 Å². The number of benzene rings is 1. The molecule has 2 aromatic heterocycles. The number of aliphatic hydroxyl groups is 1. The Hall–Kier alpha value is -4.06. The zero-order valence-corrected chi connectivity index (χ0v) is 28.6. The number of carbonyl (C=O) groups excluding carboxylic acids is 2. The van der Waals surface area contributed by atoms with Crippen LogP contribution in [0.5, 0.6) is 0 Å². The summed E-state index contributed by atoms with van der Waals surface area (Å²) in [6.45, 7) is 10.2. The molecule has 3 N–H and O–H groups in total. The van der Waals surface area contributed by atoms with E-state index >= 15 is 0 Å². The smallest absolute Gasteiger partial charge is 0.407 e. The lowest BCUT2D eigenvalue weighted by atomic mass is 10.1. The number of alkyl carbamates (subject to hydrolysis) is 1. The van der Waals surface area contributed by atoms with Crippen molar-refractivity contribution in [3.8, 4) is 11.8 Å². The second kappa shape index (κ2) is 13.7. The maximum Gasteiger partial charge on any atom is 0.407 e. The van der Waals surface area contributed by atoms with Crippen molar-refractivity contribution in [3.05, 3.63) is 51.8 Å². The predicted octanol–water partition coefficient (Wildman–Crippen LogP) is 3.73. The van der Waals surface area contributed by atoms with Gasteiger partial charge in [-0.05, 0) is 59.2 Å². The molecule has 0 unspecified atom stereocenters. The second-order valence-corrected chi connectivity index (χ2v) is 14.5. The summed E-state index contributed by atoms with van der Waals surface area (Å²) in [6, 6.07) is 3.59. The largest absolute Gasteiger partial charge is 0.444 e. The van der Waals surface area contributed by atoms with E-state index in [9.17, 15) is 23.1 Å². The molecule has 46 heavy (non-hydrogen) atoms. The Balaban J connectivity index is 1.68. The van der Waals surface area contributed by atoms with Crippen LogP contribution in [0.3, 0.4) is 0 Å². The zero-order valence-electron chi connectivity index (χ0n) is 27.0. The average Bonchev–Trinajstić information content (AvgIpc) is 3.54. The SMILES string of the molecule is Cc1cn2nc([C@H](C)N(C)C(=O)c3cc(Cl)ccc3NS(C)(=O)=O)c(C#CCCO)c2nc1N1CC[C@H](NC(=O)OC(C)(C)C)C1. The molecule has 0 spiro atoms. The summed E-state index contributed by atoms with van der Waals surface area (Å²) in [7, 11) is -2.09. The number of aryl methyl sites for hydroxylation is 1. The minimum Gasteiger partial charge on any atom is -0.444 e. The minimum atomic E-state index is -3.67. The third-order valence-electron chi connectivity index (χ3n) is 7.26. The van der Waals surface area contributed by atoms with Gasteiger partial charge in [0.2, 0.25) is 10.0 Å². The van der Waals surface area contributed by atoms with E-state index in [4.69, 9.17) is 26.4 Å². The third kappa shape index (κ3) is 8.39. The monoisotopic (exact) mass is 673 g/mol. The zero-order chi connectivity index (χ0) is 34.0. The summed E-state index contributed by atoms with van der Waals surface area (Å²) < 4.78 is 33.4. The highest BCUT2D eigenvalue weighted by Crippen LogP contribution is 2.31. The van der Waals surface area contributed by atoms with Crippen LogP contribution in [-0.2, 0) is 14.8 Å². The fraction of sp³-hybridized carbons (Fsp3) is 0.484. The van der Waals surface area contributed by atoms with Gasteiger partial charge in [0, 0.05) is 43.3 Å². The normalized spacial score (nSPS) is 15.7. The van der Waals surface area contributed by atoms with Crippen molar-refractivity contribution in [2.24, 2.45) is 0 Å². The van der Waals surface area contributed by atoms with Gasteiger partial charge in [0.15, 0.2) is 5.65 Å². The average molecular weight is 674 g/mol. The highest BCUT2D eigenvalue weighted by atomic mass is 35.5. The summed E-state index contributed by atoms with van der Waals surface area (Å²) in [5, 5.41) is 17.4. The number of halogens is 1. The molecule has 1 fully saturated rings. The van der Waals surface area contributed by atoms with Gasteiger partial charge in [0.25, 0.3) is 5.91 Å². The molecule has 1 aromatic carbocycles. The molecule has 13 nitrogen and oxygen atoms in total. The van der Waals surface area contributed by atoms with E-state index in [0.717, 1.165) is 11.8 Å². The number of aromatic nitrogens is 3. The Bertz CT molecular complexity index is 1810. The molecule has 3 heterocycles. The molecule has 15 heteroatoms. The summed E-state index contributed by atoms with van der Waals surface area (Å²) in [5.41, 5.74) is 1.85. The number of amides is 2. The maximum atomic E-state index is 13.7. The van der Waals surface area contributed by atoms with Crippen LogP contribution >= 0.6 is 11.6 Å². The van der Waals surface area contributed by atoms with E-state index in [1.165, 1.54) is 23.1 Å². The molecule has 3 aromatic rings. The van der Waals surface area contributed by atoms with Crippen LogP contribution in [0.15, 0.2) is 24.4 Å². The lowest BCUT2D eigenvalue weighted by Crippen LogP contribution is -2.40. The number of anilines is 2. The van der Waals surface area contributed by atoms with Crippen molar-refractivity contribution in [2.75, 3.05) is 42.6 Å². The number of carbonyl (C=O) groups is 2. The highest BCUT2D eigenvalue weighted by molar-refractivity contribution is 7.92. The molecule has 0 radical (unpaired) electrons. The van der Waals surface area contributed by atoms with Crippen LogP contribution in [0.25, 0.3) is 5.65 Å². The first-order chi connectivity index (χ1) is 21.5. The first-order valence-electron chi connectivity index (χ1n) is 14.8. The van der Waals surface area contributed by atoms with Crippen molar-refractivity contribution in [1.29, 1.82) is 0 Å². The van der Waals surface area contributed by atoms with Crippen LogP contribution in [0.4, 0.5) is 16.3 Å². The van der Waals surface area contributed by atoms with Crippen molar-refractivity contribution >= 4 is 50.8 Å². The summed E-state index contributed by atoms with van der Waals surface area (Å²) >= 11 is 6.18. The Labute approximate surface area is 274 Å². The lowest BCUT2D eigenvalue weighted by molar-refractivity contribution is 0.0508. The van der Waals surface area contributed by atoms with Crippen LogP contribution in [0.2, 0.25) is 5.02 Å². The van der Waals surface area contributed by atoms with Crippen molar-refractivity contribution in [1.82, 2.24) is 24.8 Å². The number of ether oxygens (including phenoxy) is 1. The standard InChI is InChI=1S/C31H40ClN7O6S/c1-19-17-39-28(34-27(19)38-14-13-22(18-38)33-30(42)45-31(3,4)5)23(10-8-9-15-40)26(35-39)20(2)37(6)29(41)24-16-21(32)11-12-25(24)36-46(7,43)44/h11-12,16-17,20,22,36,40H,9,13-15,18H2,1-7H3,(H,33,42)/t20-,22-/m0/s1. The number of rotatable bonds is 8. The van der Waals surface area contributed by atoms with Gasteiger partial charge in [-0.15, -0.1) is 0 Å². The number of nitrogens with zero attached hydrogens (tertiary/aromatic N) is 5. The van der Waals surface area contributed by atoms with Crippen molar-refractivity contribution < 1.29 is 27.9 Å². The molecule has 0 bridgehead atoms. The second-order valence-electron chi connectivity index (χ2n) is 12.3. The Morgan fingerprint density at radius 1 is 1.30 bits per heavy atom. The number of aliphatic hydroxyl groups excluding tert-OH is 1. The molecule has 0 saturated carbocycles. The third-order valence-corrected chi connectivity index (χ3v) is 8.08. The van der Waals surface area contributed by atoms with Gasteiger partial charge < -0.3 is 25.0 Å². The predicted molar refractivity (Wildman–Crippen MR) is 177 cm³/mol. The van der Waals surface area contributed by atoms with Crippen molar-refractivity contribution in [3.63, 3.8) is 0 Å². The van der Waals surface area contributed by atoms with Gasteiger partial charge in [0.1, 0.15) is 17.1 Å². The lowest BCUT2D eigenvalue weighted by Gasteiger charge is -2.25. The van der Waals surface area contributed by atoms with Gasteiger partial charge in [-0.3, -0.25) is 9.52 Å². The molecule has 1 aliphatic heterocycles. The topological polar surface area (TPSA) is 158 Å². The molecule has 0 aliphatic carbocycles. The van der Waals surface area contributed by atoms with Gasteiger partial charge in [-0.1, -0.05) is 23.4 Å². The van der Waals surface area contributed by atoms with Gasteiger partial charge in [0.05, 0.1) is 41.8 Å². The van der Waals surface area contributed by atoms with Gasteiger partial charge in [-0.2, -0.15) is 5.10 Å². The van der Waals surface area contributed by atoms with Crippen LogP contribution in [0.1, 0.15) is 73.8 Å². The fourth-order valence-electron chi connectivity index (χ4n) is 5.08. The Morgan fingerprint density at radius 2 is 2.02 bits per heavy atom. The number of fused-ring (bicyclic) bond motifs is 1. The van der Waals surface area contributed by atoms with Gasteiger partial charge in [-0.25, -0.2) is 22.7 Å². The van der Waals surface area contributed by atoms with Crippen LogP contribution in [0, 0.1) is 18.8 Å². The molecule has 1 saturated heterocycles. The minimum absolute atomic E-state index is 0.0730. The van der Waals surface area contributed by atoms with Crippen LogP contribution in [-0.4, -0.2) is 89.7 Å². The first-order valence-corrected chi connectivity index (χ1v) is 17.0. The Morgan fingerprint density at radius 3 is 2.67 bits per heavy atom. The van der Waals surface area contributed by atoms with E-state index in [1.54, 1.807) is 18.5 Å². The van der Waals surface area contributed by atoms with Crippen LogP contribution < -0.4 is 14.9 Å². The fourth-order valence-corrected chi connectivity index (χ4v) is 5.83. The molecule has 1 aliphatic rings. The Kier molecular flexibility index (Phi) is 10.4. The quantitative estimate of drug-likeness (QED) is 0.303. The van der Waals surface area contributed by atoms with Crippen molar-refractivity contribution in [2.45, 2.75) is 65.1 Å². The molecular formula is C31H40ClN7O6S. The molecule has 248 valence electrons. The summed E-state index contributed by atoms with van der Waals surface area (Å²) in [5.74, 6) is 6.28. The van der Waals surface area contributed by atoms with E-state index in [0.29, 0.717) is 42.2 Å². The highest BCUT2D eigenvalue weighted by Gasteiger charge is 2.30. The number of sulfonamides is 1. The molecular weight excluding hydrogens is 634 g/mol.